The van der Waals surface area contributed by atoms with Gasteiger partial charge in [-0.15, -0.1) is 0 Å². The van der Waals surface area contributed by atoms with E-state index in [0.717, 1.165) is 25.9 Å². The van der Waals surface area contributed by atoms with E-state index in [-0.39, 0.29) is 23.5 Å². The minimum Gasteiger partial charge on any atom is -0.378 e. The van der Waals surface area contributed by atoms with Crippen LogP contribution in [-0.2, 0) is 4.74 Å². The fourth-order valence-electron chi connectivity index (χ4n) is 4.48. The van der Waals surface area contributed by atoms with Gasteiger partial charge < -0.3 is 9.64 Å². The quantitative estimate of drug-likeness (QED) is 0.852. The maximum atomic E-state index is 12.8. The van der Waals surface area contributed by atoms with Crippen molar-refractivity contribution in [3.05, 3.63) is 29.6 Å². The van der Waals surface area contributed by atoms with E-state index >= 15 is 0 Å². The van der Waals surface area contributed by atoms with Gasteiger partial charge in [0.2, 0.25) is 0 Å². The highest BCUT2D eigenvalue weighted by Gasteiger charge is 2.57. The van der Waals surface area contributed by atoms with Crippen LogP contribution in [-0.4, -0.2) is 41.6 Å². The summed E-state index contributed by atoms with van der Waals surface area (Å²) in [5.74, 6) is -0.0654. The van der Waals surface area contributed by atoms with Crippen LogP contribution in [0.3, 0.4) is 0 Å². The van der Waals surface area contributed by atoms with Gasteiger partial charge in [0.25, 0.3) is 5.91 Å². The van der Waals surface area contributed by atoms with Crippen molar-refractivity contribution in [2.75, 3.05) is 13.7 Å². The number of rotatable bonds is 4. The first kappa shape index (κ1) is 16.9. The molecular formula is C19H25N3O2. The molecule has 1 aromatic heterocycles. The molecule has 0 N–H and O–H groups in total. The molecule has 5 heteroatoms. The van der Waals surface area contributed by atoms with Crippen LogP contribution in [0.4, 0.5) is 0 Å². The molecule has 2 atom stereocenters. The van der Waals surface area contributed by atoms with Crippen molar-refractivity contribution >= 4 is 5.91 Å². The lowest BCUT2D eigenvalue weighted by molar-refractivity contribution is -0.170. The Morgan fingerprint density at radius 1 is 1.42 bits per heavy atom. The number of nitrogens with zero attached hydrogens (tertiary/aromatic N) is 3. The van der Waals surface area contributed by atoms with E-state index in [0.29, 0.717) is 11.3 Å². The Morgan fingerprint density at radius 2 is 2.17 bits per heavy atom. The normalized spacial score (nSPS) is 24.9. The third kappa shape index (κ3) is 2.80. The van der Waals surface area contributed by atoms with Crippen LogP contribution < -0.4 is 0 Å². The van der Waals surface area contributed by atoms with E-state index in [1.807, 2.05) is 24.9 Å². The van der Waals surface area contributed by atoms with Crippen molar-refractivity contribution in [3.8, 4) is 6.07 Å². The first-order valence-corrected chi connectivity index (χ1v) is 8.87. The van der Waals surface area contributed by atoms with Gasteiger partial charge in [0.15, 0.2) is 0 Å². The van der Waals surface area contributed by atoms with Gasteiger partial charge in [-0.1, -0.05) is 19.3 Å². The summed E-state index contributed by atoms with van der Waals surface area (Å²) in [6.45, 7) is 2.77. The first-order chi connectivity index (χ1) is 11.6. The maximum absolute atomic E-state index is 12.8. The molecule has 0 radical (unpaired) electrons. The predicted octanol–water partition coefficient (Wildman–Crippen LogP) is 3.15. The largest absolute Gasteiger partial charge is 0.378 e. The van der Waals surface area contributed by atoms with Gasteiger partial charge >= 0.3 is 0 Å². The number of nitriles is 1. The highest BCUT2D eigenvalue weighted by atomic mass is 16.5. The third-order valence-electron chi connectivity index (χ3n) is 5.79. The van der Waals surface area contributed by atoms with Crippen LogP contribution in [0.25, 0.3) is 0 Å². The molecule has 2 fully saturated rings. The van der Waals surface area contributed by atoms with Gasteiger partial charge in [-0.05, 0) is 38.3 Å². The Bertz CT molecular complexity index is 629. The minimum absolute atomic E-state index is 0.0654. The number of carbonyl (C=O) groups excluding carboxylic acids is 1. The standard InChI is InChI=1S/C19H25N3O2/c1-3-24-17-11-16(19(17)9-5-4-6-10-19)22(2)18(23)15-8-7-14(12-20)13-21-15/h7-8,13,16-17H,3-6,9-11H2,1-2H3/t16-,17+/m1/s1. The van der Waals surface area contributed by atoms with E-state index in [9.17, 15) is 4.79 Å². The lowest BCUT2D eigenvalue weighted by Gasteiger charge is -2.60. The Labute approximate surface area is 143 Å². The summed E-state index contributed by atoms with van der Waals surface area (Å²) in [4.78, 5) is 18.8. The van der Waals surface area contributed by atoms with Gasteiger partial charge in [0.1, 0.15) is 11.8 Å². The number of carbonyl (C=O) groups is 1. The Morgan fingerprint density at radius 3 is 2.75 bits per heavy atom. The Kier molecular flexibility index (Phi) is 4.86. The van der Waals surface area contributed by atoms with Gasteiger partial charge in [0.05, 0.1) is 11.7 Å². The molecule has 0 aromatic carbocycles. The van der Waals surface area contributed by atoms with E-state index < -0.39 is 0 Å². The van der Waals surface area contributed by atoms with Crippen LogP contribution >= 0.6 is 0 Å². The fourth-order valence-corrected chi connectivity index (χ4v) is 4.48. The summed E-state index contributed by atoms with van der Waals surface area (Å²) < 4.78 is 5.98. The summed E-state index contributed by atoms with van der Waals surface area (Å²) in [6.07, 6.45) is 8.64. The highest BCUT2D eigenvalue weighted by molar-refractivity contribution is 5.92. The summed E-state index contributed by atoms with van der Waals surface area (Å²) in [5.41, 5.74) is 0.992. The number of ether oxygens (including phenoxy) is 1. The molecule has 3 rings (SSSR count). The zero-order valence-corrected chi connectivity index (χ0v) is 14.5. The molecule has 2 aliphatic carbocycles. The number of pyridine rings is 1. The van der Waals surface area contributed by atoms with Crippen molar-refractivity contribution in [3.63, 3.8) is 0 Å². The molecule has 1 amide bonds. The van der Waals surface area contributed by atoms with Gasteiger partial charge in [0, 0.05) is 31.3 Å². The molecule has 0 aliphatic heterocycles. The summed E-state index contributed by atoms with van der Waals surface area (Å²) in [7, 11) is 1.88. The molecule has 5 nitrogen and oxygen atoms in total. The number of amides is 1. The van der Waals surface area contributed by atoms with Crippen LogP contribution in [0.1, 0.15) is 61.5 Å². The van der Waals surface area contributed by atoms with Gasteiger partial charge in [-0.3, -0.25) is 4.79 Å². The second kappa shape index (κ2) is 6.90. The second-order valence-electron chi connectivity index (χ2n) is 6.95. The molecule has 1 spiro atoms. The van der Waals surface area contributed by atoms with Crippen LogP contribution in [0, 0.1) is 16.7 Å². The van der Waals surface area contributed by atoms with E-state index in [1.165, 1.54) is 25.5 Å². The van der Waals surface area contributed by atoms with Crippen molar-refractivity contribution in [1.29, 1.82) is 5.26 Å². The van der Waals surface area contributed by atoms with Crippen LogP contribution in [0.2, 0.25) is 0 Å². The molecule has 1 aromatic rings. The molecule has 128 valence electrons. The highest BCUT2D eigenvalue weighted by Crippen LogP contribution is 2.55. The van der Waals surface area contributed by atoms with E-state index in [1.54, 1.807) is 12.1 Å². The average molecular weight is 327 g/mol. The Balaban J connectivity index is 1.76. The van der Waals surface area contributed by atoms with Gasteiger partial charge in [-0.25, -0.2) is 4.98 Å². The topological polar surface area (TPSA) is 66.2 Å². The van der Waals surface area contributed by atoms with Crippen molar-refractivity contribution < 1.29 is 9.53 Å². The fraction of sp³-hybridized carbons (Fsp3) is 0.632. The first-order valence-electron chi connectivity index (χ1n) is 8.87. The molecular weight excluding hydrogens is 302 g/mol. The number of aromatic nitrogens is 1. The minimum atomic E-state index is -0.0654. The molecule has 24 heavy (non-hydrogen) atoms. The predicted molar refractivity (Wildman–Crippen MR) is 90.4 cm³/mol. The van der Waals surface area contributed by atoms with Gasteiger partial charge in [-0.2, -0.15) is 5.26 Å². The summed E-state index contributed by atoms with van der Waals surface area (Å²) >= 11 is 0. The molecule has 0 bridgehead atoms. The maximum Gasteiger partial charge on any atom is 0.272 e. The summed E-state index contributed by atoms with van der Waals surface area (Å²) in [5, 5.41) is 8.86. The zero-order valence-electron chi connectivity index (χ0n) is 14.5. The molecule has 0 unspecified atom stereocenters. The van der Waals surface area contributed by atoms with E-state index in [2.05, 4.69) is 4.98 Å². The Hall–Kier alpha value is -1.93. The summed E-state index contributed by atoms with van der Waals surface area (Å²) in [6, 6.07) is 5.54. The number of hydrogen-bond acceptors (Lipinski definition) is 4. The molecule has 2 aliphatic rings. The van der Waals surface area contributed by atoms with Crippen molar-refractivity contribution in [2.45, 2.75) is 57.6 Å². The van der Waals surface area contributed by atoms with Crippen molar-refractivity contribution in [1.82, 2.24) is 9.88 Å². The van der Waals surface area contributed by atoms with Crippen molar-refractivity contribution in [2.24, 2.45) is 5.41 Å². The molecule has 1 heterocycles. The monoisotopic (exact) mass is 327 g/mol. The lowest BCUT2D eigenvalue weighted by Crippen LogP contribution is -2.65. The second-order valence-corrected chi connectivity index (χ2v) is 6.95. The lowest BCUT2D eigenvalue weighted by atomic mass is 9.54. The van der Waals surface area contributed by atoms with E-state index in [4.69, 9.17) is 10.00 Å². The molecule has 0 saturated heterocycles. The smallest absolute Gasteiger partial charge is 0.272 e. The third-order valence-corrected chi connectivity index (χ3v) is 5.79. The molecule has 2 saturated carbocycles. The zero-order chi connectivity index (χ0) is 17.2. The van der Waals surface area contributed by atoms with Crippen LogP contribution in [0.15, 0.2) is 18.3 Å². The average Bonchev–Trinajstić information content (AvgIpc) is 2.64. The SMILES string of the molecule is CCO[C@H]1C[C@@H](N(C)C(=O)c2ccc(C#N)cn2)C12CCCCC2. The number of hydrogen-bond donors (Lipinski definition) is 0. The van der Waals surface area contributed by atoms with Crippen LogP contribution in [0.5, 0.6) is 0 Å².